The van der Waals surface area contributed by atoms with E-state index in [1.807, 2.05) is 0 Å². The topological polar surface area (TPSA) is 71.4 Å². The van der Waals surface area contributed by atoms with E-state index in [4.69, 9.17) is 0 Å². The number of aliphatic carboxylic acids is 1. The second kappa shape index (κ2) is 6.25. The van der Waals surface area contributed by atoms with Crippen LogP contribution in [0.2, 0.25) is 0 Å². The summed E-state index contributed by atoms with van der Waals surface area (Å²) in [4.78, 5) is 11.5. The van der Waals surface area contributed by atoms with E-state index in [-0.39, 0.29) is 5.92 Å². The number of rotatable bonds is 4. The molecule has 0 aliphatic heterocycles. The SMILES string of the molecule is O=C(O)C(C1CCCCC1)S(=O)(=O)C1CCCCC1. The molecule has 5 heteroatoms. The van der Waals surface area contributed by atoms with Crippen molar-refractivity contribution in [1.29, 1.82) is 0 Å². The molecule has 0 saturated heterocycles. The largest absolute Gasteiger partial charge is 0.480 e. The number of carboxylic acid groups (broad SMARTS) is 1. The van der Waals surface area contributed by atoms with Gasteiger partial charge in [0.05, 0.1) is 5.25 Å². The summed E-state index contributed by atoms with van der Waals surface area (Å²) in [6.45, 7) is 0. The fraction of sp³-hybridized carbons (Fsp3) is 0.929. The van der Waals surface area contributed by atoms with Gasteiger partial charge in [-0.15, -0.1) is 0 Å². The van der Waals surface area contributed by atoms with Crippen LogP contribution in [0.5, 0.6) is 0 Å². The minimum atomic E-state index is -3.52. The zero-order chi connectivity index (χ0) is 13.9. The van der Waals surface area contributed by atoms with Gasteiger partial charge in [-0.2, -0.15) is 0 Å². The molecule has 1 unspecified atom stereocenters. The molecule has 0 bridgehead atoms. The molecule has 2 aliphatic carbocycles. The number of hydrogen-bond acceptors (Lipinski definition) is 3. The molecule has 0 amide bonds. The van der Waals surface area contributed by atoms with E-state index in [9.17, 15) is 18.3 Å². The van der Waals surface area contributed by atoms with Gasteiger partial charge in [-0.05, 0) is 31.6 Å². The summed E-state index contributed by atoms with van der Waals surface area (Å²) in [7, 11) is -3.52. The Morgan fingerprint density at radius 1 is 0.895 bits per heavy atom. The van der Waals surface area contributed by atoms with Crippen LogP contribution < -0.4 is 0 Å². The van der Waals surface area contributed by atoms with Gasteiger partial charge >= 0.3 is 5.97 Å². The Bertz CT molecular complexity index is 403. The molecule has 2 rings (SSSR count). The van der Waals surface area contributed by atoms with Crippen LogP contribution in [0.15, 0.2) is 0 Å². The second-order valence-corrected chi connectivity index (χ2v) is 8.36. The molecule has 0 heterocycles. The van der Waals surface area contributed by atoms with Crippen molar-refractivity contribution in [3.63, 3.8) is 0 Å². The number of carbonyl (C=O) groups is 1. The van der Waals surface area contributed by atoms with Gasteiger partial charge in [-0.3, -0.25) is 4.79 Å². The lowest BCUT2D eigenvalue weighted by Gasteiger charge is -2.31. The summed E-state index contributed by atoms with van der Waals surface area (Å²) < 4.78 is 25.3. The standard InChI is InChI=1S/C14H24O4S/c15-14(16)13(11-7-3-1-4-8-11)19(17,18)12-9-5-2-6-10-12/h11-13H,1-10H2,(H,15,16). The van der Waals surface area contributed by atoms with Crippen LogP contribution in [0.1, 0.15) is 64.2 Å². The molecular formula is C14H24O4S. The van der Waals surface area contributed by atoms with Gasteiger partial charge in [0.25, 0.3) is 0 Å². The minimum absolute atomic E-state index is 0.168. The highest BCUT2D eigenvalue weighted by Gasteiger charge is 2.44. The molecule has 0 spiro atoms. The van der Waals surface area contributed by atoms with Crippen molar-refractivity contribution in [2.45, 2.75) is 74.7 Å². The molecule has 1 atom stereocenters. The van der Waals surface area contributed by atoms with Gasteiger partial charge in [0.15, 0.2) is 15.1 Å². The Kier molecular flexibility index (Phi) is 4.87. The van der Waals surface area contributed by atoms with E-state index < -0.39 is 26.3 Å². The molecule has 2 saturated carbocycles. The summed E-state index contributed by atoms with van der Waals surface area (Å²) in [5, 5.41) is 7.84. The first-order valence-electron chi connectivity index (χ1n) is 7.49. The van der Waals surface area contributed by atoms with E-state index in [1.54, 1.807) is 0 Å². The summed E-state index contributed by atoms with van der Waals surface area (Å²) in [6.07, 6.45) is 8.76. The van der Waals surface area contributed by atoms with Crippen LogP contribution in [0.4, 0.5) is 0 Å². The van der Waals surface area contributed by atoms with Gasteiger partial charge in [-0.25, -0.2) is 8.42 Å². The maximum Gasteiger partial charge on any atom is 0.322 e. The third-order valence-corrected chi connectivity index (χ3v) is 7.39. The Labute approximate surface area is 115 Å². The Morgan fingerprint density at radius 3 is 1.84 bits per heavy atom. The molecule has 1 N–H and O–H groups in total. The molecular weight excluding hydrogens is 264 g/mol. The number of sulfone groups is 1. The highest BCUT2D eigenvalue weighted by atomic mass is 32.2. The molecule has 0 aromatic carbocycles. The smallest absolute Gasteiger partial charge is 0.322 e. The minimum Gasteiger partial charge on any atom is -0.480 e. The molecule has 2 aliphatic rings. The van der Waals surface area contributed by atoms with Gasteiger partial charge in [0, 0.05) is 0 Å². The number of hydrogen-bond donors (Lipinski definition) is 1. The molecule has 110 valence electrons. The fourth-order valence-corrected chi connectivity index (χ4v) is 6.14. The van der Waals surface area contributed by atoms with E-state index in [1.165, 1.54) is 0 Å². The van der Waals surface area contributed by atoms with Gasteiger partial charge in [0.2, 0.25) is 0 Å². The quantitative estimate of drug-likeness (QED) is 0.863. The normalized spacial score (nSPS) is 25.1. The first-order chi connectivity index (χ1) is 9.03. The maximum atomic E-state index is 12.6. The molecule has 0 radical (unpaired) electrons. The lowest BCUT2D eigenvalue weighted by molar-refractivity contribution is -0.137. The third-order valence-electron chi connectivity index (χ3n) is 4.69. The van der Waals surface area contributed by atoms with Crippen molar-refractivity contribution in [2.75, 3.05) is 0 Å². The van der Waals surface area contributed by atoms with E-state index in [0.717, 1.165) is 51.4 Å². The van der Waals surface area contributed by atoms with Crippen LogP contribution in [-0.2, 0) is 14.6 Å². The summed E-state index contributed by atoms with van der Waals surface area (Å²) in [5.41, 5.74) is 0. The summed E-state index contributed by atoms with van der Waals surface area (Å²) in [5.74, 6) is -1.30. The average molecular weight is 288 g/mol. The van der Waals surface area contributed by atoms with Crippen molar-refractivity contribution in [3.8, 4) is 0 Å². The van der Waals surface area contributed by atoms with E-state index in [0.29, 0.717) is 12.8 Å². The van der Waals surface area contributed by atoms with E-state index in [2.05, 4.69) is 0 Å². The van der Waals surface area contributed by atoms with Crippen molar-refractivity contribution in [2.24, 2.45) is 5.92 Å². The molecule has 4 nitrogen and oxygen atoms in total. The Morgan fingerprint density at radius 2 is 1.37 bits per heavy atom. The van der Waals surface area contributed by atoms with E-state index >= 15 is 0 Å². The molecule has 0 aromatic rings. The van der Waals surface area contributed by atoms with Crippen LogP contribution >= 0.6 is 0 Å². The zero-order valence-corrected chi connectivity index (χ0v) is 12.2. The maximum absolute atomic E-state index is 12.6. The first-order valence-corrected chi connectivity index (χ1v) is 9.10. The zero-order valence-electron chi connectivity index (χ0n) is 11.4. The Balaban J connectivity index is 2.18. The average Bonchev–Trinajstić information content (AvgIpc) is 2.40. The highest BCUT2D eigenvalue weighted by Crippen LogP contribution is 2.34. The summed E-state index contributed by atoms with van der Waals surface area (Å²) >= 11 is 0. The monoisotopic (exact) mass is 288 g/mol. The molecule has 0 aromatic heterocycles. The fourth-order valence-electron chi connectivity index (χ4n) is 3.65. The lowest BCUT2D eigenvalue weighted by Crippen LogP contribution is -2.44. The molecule has 19 heavy (non-hydrogen) atoms. The third kappa shape index (κ3) is 3.30. The Hall–Kier alpha value is -0.580. The molecule has 2 fully saturated rings. The van der Waals surface area contributed by atoms with Crippen molar-refractivity contribution >= 4 is 15.8 Å². The van der Waals surface area contributed by atoms with Crippen LogP contribution in [0.25, 0.3) is 0 Å². The van der Waals surface area contributed by atoms with Gasteiger partial charge in [0.1, 0.15) is 0 Å². The van der Waals surface area contributed by atoms with Crippen LogP contribution in [0, 0.1) is 5.92 Å². The highest BCUT2D eigenvalue weighted by molar-refractivity contribution is 7.93. The van der Waals surface area contributed by atoms with Crippen molar-refractivity contribution < 1.29 is 18.3 Å². The van der Waals surface area contributed by atoms with Crippen LogP contribution in [0.3, 0.4) is 0 Å². The van der Waals surface area contributed by atoms with Crippen LogP contribution in [-0.4, -0.2) is 30.0 Å². The predicted octanol–water partition coefficient (Wildman–Crippen LogP) is 2.77. The summed E-state index contributed by atoms with van der Waals surface area (Å²) in [6, 6.07) is 0. The van der Waals surface area contributed by atoms with Gasteiger partial charge < -0.3 is 5.11 Å². The second-order valence-electron chi connectivity index (χ2n) is 6.01. The van der Waals surface area contributed by atoms with Gasteiger partial charge in [-0.1, -0.05) is 38.5 Å². The lowest BCUT2D eigenvalue weighted by atomic mass is 9.87. The number of carboxylic acids is 1. The first kappa shape index (κ1) is 14.8. The van der Waals surface area contributed by atoms with Crippen molar-refractivity contribution in [3.05, 3.63) is 0 Å². The van der Waals surface area contributed by atoms with Crippen molar-refractivity contribution in [1.82, 2.24) is 0 Å². The predicted molar refractivity (Wildman–Crippen MR) is 73.8 cm³/mol.